The monoisotopic (exact) mass is 254 g/mol. The van der Waals surface area contributed by atoms with Gasteiger partial charge >= 0.3 is 0 Å². The number of carbonyl (C=O) groups excluding carboxylic acids is 1. The highest BCUT2D eigenvalue weighted by Crippen LogP contribution is 2.20. The van der Waals surface area contributed by atoms with Crippen LogP contribution in [-0.4, -0.2) is 12.4 Å². The number of ether oxygens (including phenoxy) is 1. The molecule has 0 aliphatic heterocycles. The van der Waals surface area contributed by atoms with Gasteiger partial charge in [0.25, 0.3) is 0 Å². The first kappa shape index (κ1) is 13.3. The lowest BCUT2D eigenvalue weighted by Crippen LogP contribution is -2.14. The van der Waals surface area contributed by atoms with Gasteiger partial charge in [0.05, 0.1) is 0 Å². The predicted octanol–water partition coefficient (Wildman–Crippen LogP) is 4.07. The molecule has 0 fully saturated rings. The van der Waals surface area contributed by atoms with E-state index in [0.717, 1.165) is 16.9 Å². The van der Waals surface area contributed by atoms with Crippen LogP contribution in [0, 0.1) is 0 Å². The minimum absolute atomic E-state index is 0.0214. The van der Waals surface area contributed by atoms with Gasteiger partial charge in [-0.3, -0.25) is 4.79 Å². The molecular formula is C17H18O2. The first-order chi connectivity index (χ1) is 9.18. The molecule has 0 N–H and O–H groups in total. The van der Waals surface area contributed by atoms with Crippen molar-refractivity contribution in [2.45, 2.75) is 19.8 Å². The van der Waals surface area contributed by atoms with E-state index in [4.69, 9.17) is 4.74 Å². The van der Waals surface area contributed by atoms with E-state index in [1.807, 2.05) is 54.6 Å². The summed E-state index contributed by atoms with van der Waals surface area (Å²) < 4.78 is 5.51. The van der Waals surface area contributed by atoms with Gasteiger partial charge in [0.2, 0.25) is 0 Å². The Morgan fingerprint density at radius 1 is 1.00 bits per heavy atom. The quantitative estimate of drug-likeness (QED) is 0.752. The van der Waals surface area contributed by atoms with Crippen molar-refractivity contribution < 1.29 is 9.53 Å². The van der Waals surface area contributed by atoms with Crippen LogP contribution in [0.3, 0.4) is 0 Å². The largest absolute Gasteiger partial charge is 0.485 e. The highest BCUT2D eigenvalue weighted by Gasteiger charge is 2.13. The van der Waals surface area contributed by atoms with Gasteiger partial charge < -0.3 is 4.74 Å². The Balaban J connectivity index is 2.08. The number of rotatable bonds is 5. The first-order valence-corrected chi connectivity index (χ1v) is 6.48. The van der Waals surface area contributed by atoms with Crippen LogP contribution in [0.1, 0.15) is 35.7 Å². The van der Waals surface area contributed by atoms with E-state index < -0.39 is 0 Å². The normalized spacial score (nSPS) is 10.5. The molecule has 0 aliphatic carbocycles. The zero-order valence-corrected chi connectivity index (χ0v) is 11.3. The smallest absolute Gasteiger partial charge is 0.200 e. The summed E-state index contributed by atoms with van der Waals surface area (Å²) in [7, 11) is 0. The van der Waals surface area contributed by atoms with Crippen LogP contribution in [0.2, 0.25) is 0 Å². The third-order valence-corrected chi connectivity index (χ3v) is 3.00. The van der Waals surface area contributed by atoms with Crippen LogP contribution in [0.4, 0.5) is 0 Å². The third kappa shape index (κ3) is 3.44. The van der Waals surface area contributed by atoms with E-state index in [1.54, 1.807) is 0 Å². The molecule has 0 bridgehead atoms. The molecule has 0 radical (unpaired) electrons. The maximum atomic E-state index is 12.2. The van der Waals surface area contributed by atoms with Crippen molar-refractivity contribution in [3.05, 3.63) is 65.7 Å². The zero-order chi connectivity index (χ0) is 13.7. The molecular weight excluding hydrogens is 236 g/mol. The molecule has 2 aromatic rings. The van der Waals surface area contributed by atoms with Crippen LogP contribution in [0.25, 0.3) is 0 Å². The third-order valence-electron chi connectivity index (χ3n) is 3.00. The Kier molecular flexibility index (Phi) is 4.35. The summed E-state index contributed by atoms with van der Waals surface area (Å²) in [5.74, 6) is 1.07. The molecule has 0 heterocycles. The van der Waals surface area contributed by atoms with Crippen LogP contribution in [0.15, 0.2) is 54.6 Å². The average Bonchev–Trinajstić information content (AvgIpc) is 2.46. The van der Waals surface area contributed by atoms with E-state index in [9.17, 15) is 4.79 Å². The van der Waals surface area contributed by atoms with E-state index >= 15 is 0 Å². The Morgan fingerprint density at radius 2 is 1.63 bits per heavy atom. The molecule has 2 rings (SSSR count). The summed E-state index contributed by atoms with van der Waals surface area (Å²) in [6, 6.07) is 17.1. The molecule has 2 nitrogen and oxygen atoms in total. The molecule has 0 aromatic heterocycles. The van der Waals surface area contributed by atoms with Gasteiger partial charge in [-0.2, -0.15) is 0 Å². The Bertz CT molecular complexity index is 544. The number of hydrogen-bond donors (Lipinski definition) is 0. The molecule has 19 heavy (non-hydrogen) atoms. The number of carbonyl (C=O) groups is 1. The number of Topliss-reactive ketones (excluding diaryl/α,β-unsaturated/α-hetero) is 1. The average molecular weight is 254 g/mol. The van der Waals surface area contributed by atoms with E-state index in [2.05, 4.69) is 13.8 Å². The van der Waals surface area contributed by atoms with Crippen molar-refractivity contribution in [3.8, 4) is 5.75 Å². The van der Waals surface area contributed by atoms with Gasteiger partial charge in [0, 0.05) is 5.56 Å². The van der Waals surface area contributed by atoms with Crippen molar-refractivity contribution in [1.82, 2.24) is 0 Å². The van der Waals surface area contributed by atoms with Crippen molar-refractivity contribution in [1.29, 1.82) is 0 Å². The highest BCUT2D eigenvalue weighted by molar-refractivity contribution is 5.98. The maximum Gasteiger partial charge on any atom is 0.200 e. The van der Waals surface area contributed by atoms with E-state index in [1.165, 1.54) is 0 Å². The number of ketones is 1. The van der Waals surface area contributed by atoms with Gasteiger partial charge in [-0.05, 0) is 23.6 Å². The van der Waals surface area contributed by atoms with Crippen molar-refractivity contribution in [2.75, 3.05) is 6.61 Å². The predicted molar refractivity (Wildman–Crippen MR) is 76.8 cm³/mol. The lowest BCUT2D eigenvalue weighted by molar-refractivity contribution is 0.0920. The lowest BCUT2D eigenvalue weighted by Gasteiger charge is -2.12. The number of para-hydroxylation sites is 1. The van der Waals surface area contributed by atoms with Gasteiger partial charge in [-0.1, -0.05) is 56.3 Å². The SMILES string of the molecule is CC(C)c1ccccc1C(=O)COc1ccccc1. The molecule has 0 aliphatic rings. The molecule has 0 atom stereocenters. The molecule has 98 valence electrons. The van der Waals surface area contributed by atoms with Gasteiger partial charge in [0.15, 0.2) is 12.4 Å². The van der Waals surface area contributed by atoms with Crippen LogP contribution in [-0.2, 0) is 0 Å². The summed E-state index contributed by atoms with van der Waals surface area (Å²) in [4.78, 5) is 12.2. The summed E-state index contributed by atoms with van der Waals surface area (Å²) in [6.45, 7) is 4.25. The second kappa shape index (κ2) is 6.19. The molecule has 0 saturated carbocycles. The van der Waals surface area contributed by atoms with Gasteiger partial charge in [-0.25, -0.2) is 0 Å². The minimum Gasteiger partial charge on any atom is -0.485 e. The summed E-state index contributed by atoms with van der Waals surface area (Å²) >= 11 is 0. The van der Waals surface area contributed by atoms with Gasteiger partial charge in [-0.15, -0.1) is 0 Å². The Hall–Kier alpha value is -2.09. The Morgan fingerprint density at radius 3 is 2.32 bits per heavy atom. The molecule has 0 saturated heterocycles. The fraction of sp³-hybridized carbons (Fsp3) is 0.235. The second-order valence-electron chi connectivity index (χ2n) is 4.77. The first-order valence-electron chi connectivity index (χ1n) is 6.48. The lowest BCUT2D eigenvalue weighted by atomic mass is 9.95. The fourth-order valence-corrected chi connectivity index (χ4v) is 2.00. The van der Waals surface area contributed by atoms with Crippen molar-refractivity contribution in [3.63, 3.8) is 0 Å². The number of benzene rings is 2. The summed E-state index contributed by atoms with van der Waals surface area (Å²) in [5, 5.41) is 0. The molecule has 0 amide bonds. The van der Waals surface area contributed by atoms with Crippen LogP contribution < -0.4 is 4.74 Å². The standard InChI is InChI=1S/C17H18O2/c1-13(2)15-10-6-7-11-16(15)17(18)12-19-14-8-4-3-5-9-14/h3-11,13H,12H2,1-2H3. The van der Waals surface area contributed by atoms with Crippen molar-refractivity contribution >= 4 is 5.78 Å². The zero-order valence-electron chi connectivity index (χ0n) is 11.3. The molecule has 0 unspecified atom stereocenters. The maximum absolute atomic E-state index is 12.2. The van der Waals surface area contributed by atoms with E-state index in [-0.39, 0.29) is 12.4 Å². The minimum atomic E-state index is 0.0214. The molecule has 0 spiro atoms. The molecule has 2 aromatic carbocycles. The van der Waals surface area contributed by atoms with Crippen LogP contribution in [0.5, 0.6) is 5.75 Å². The highest BCUT2D eigenvalue weighted by atomic mass is 16.5. The summed E-state index contributed by atoms with van der Waals surface area (Å²) in [5.41, 5.74) is 1.83. The van der Waals surface area contributed by atoms with Crippen molar-refractivity contribution in [2.24, 2.45) is 0 Å². The van der Waals surface area contributed by atoms with Crippen LogP contribution >= 0.6 is 0 Å². The fourth-order valence-electron chi connectivity index (χ4n) is 2.00. The second-order valence-corrected chi connectivity index (χ2v) is 4.77. The summed E-state index contributed by atoms with van der Waals surface area (Å²) in [6.07, 6.45) is 0. The molecule has 2 heteroatoms. The topological polar surface area (TPSA) is 26.3 Å². The van der Waals surface area contributed by atoms with Gasteiger partial charge in [0.1, 0.15) is 5.75 Å². The van der Waals surface area contributed by atoms with E-state index in [0.29, 0.717) is 5.92 Å². The Labute approximate surface area is 114 Å². The number of hydrogen-bond acceptors (Lipinski definition) is 2.